The molecule has 1 aliphatic heterocycles. The van der Waals surface area contributed by atoms with E-state index in [1.54, 1.807) is 0 Å². The van der Waals surface area contributed by atoms with Crippen LogP contribution in [0, 0.1) is 5.92 Å². The summed E-state index contributed by atoms with van der Waals surface area (Å²) in [4.78, 5) is 15.4. The summed E-state index contributed by atoms with van der Waals surface area (Å²) < 4.78 is 4.84. The van der Waals surface area contributed by atoms with Crippen LogP contribution in [0.5, 0.6) is 0 Å². The van der Waals surface area contributed by atoms with Gasteiger partial charge in [-0.2, -0.15) is 4.98 Å². The molecule has 0 radical (unpaired) electrons. The van der Waals surface area contributed by atoms with Crippen molar-refractivity contribution in [3.63, 3.8) is 0 Å². The topological polar surface area (TPSA) is 80.0 Å². The van der Waals surface area contributed by atoms with Crippen molar-refractivity contribution in [1.29, 1.82) is 0 Å². The summed E-state index contributed by atoms with van der Waals surface area (Å²) in [6.07, 6.45) is 4.73. The minimum absolute atomic E-state index is 0.108. The van der Waals surface area contributed by atoms with Gasteiger partial charge in [0.05, 0.1) is 0 Å². The van der Waals surface area contributed by atoms with Crippen molar-refractivity contribution in [2.45, 2.75) is 25.7 Å². The van der Waals surface area contributed by atoms with Gasteiger partial charge in [-0.05, 0) is 31.8 Å². The lowest BCUT2D eigenvalue weighted by molar-refractivity contribution is -0.121. The highest BCUT2D eigenvalue weighted by Gasteiger charge is 2.15. The molecule has 1 atom stereocenters. The highest BCUT2D eigenvalue weighted by Crippen LogP contribution is 2.13. The van der Waals surface area contributed by atoms with Gasteiger partial charge in [0.1, 0.15) is 0 Å². The molecule has 1 fully saturated rings. The van der Waals surface area contributed by atoms with E-state index in [-0.39, 0.29) is 5.91 Å². The van der Waals surface area contributed by atoms with Gasteiger partial charge in [0, 0.05) is 19.4 Å². The normalized spacial score (nSPS) is 19.4. The van der Waals surface area contributed by atoms with Gasteiger partial charge in [-0.3, -0.25) is 4.79 Å². The van der Waals surface area contributed by atoms with E-state index in [4.69, 9.17) is 4.52 Å². The lowest BCUT2D eigenvalue weighted by atomic mass is 10.0. The van der Waals surface area contributed by atoms with Gasteiger partial charge in [-0.1, -0.05) is 5.16 Å². The lowest BCUT2D eigenvalue weighted by Crippen LogP contribution is -2.26. The molecule has 17 heavy (non-hydrogen) atoms. The van der Waals surface area contributed by atoms with E-state index in [0.29, 0.717) is 31.2 Å². The Morgan fingerprint density at radius 2 is 2.59 bits per heavy atom. The highest BCUT2D eigenvalue weighted by molar-refractivity contribution is 5.75. The first-order valence-corrected chi connectivity index (χ1v) is 6.07. The Hall–Kier alpha value is -1.43. The third-order valence-corrected chi connectivity index (χ3v) is 3.01. The largest absolute Gasteiger partial charge is 0.356 e. The van der Waals surface area contributed by atoms with Gasteiger partial charge in [0.15, 0.2) is 6.33 Å². The molecule has 1 aromatic rings. The first-order chi connectivity index (χ1) is 8.34. The molecule has 2 rings (SSSR count). The maximum atomic E-state index is 11.5. The summed E-state index contributed by atoms with van der Waals surface area (Å²) in [5, 5.41) is 9.66. The number of rotatable bonds is 6. The quantitative estimate of drug-likeness (QED) is 0.735. The van der Waals surface area contributed by atoms with E-state index in [1.165, 1.54) is 12.7 Å². The summed E-state index contributed by atoms with van der Waals surface area (Å²) in [6.45, 7) is 2.70. The molecule has 1 unspecified atom stereocenters. The van der Waals surface area contributed by atoms with Gasteiger partial charge in [-0.15, -0.1) is 0 Å². The number of amides is 1. The minimum Gasteiger partial charge on any atom is -0.356 e. The van der Waals surface area contributed by atoms with Crippen molar-refractivity contribution in [3.8, 4) is 0 Å². The van der Waals surface area contributed by atoms with Crippen molar-refractivity contribution < 1.29 is 9.32 Å². The predicted octanol–water partition coefficient (Wildman–Crippen LogP) is 0.118. The Labute approximate surface area is 100 Å². The Morgan fingerprint density at radius 3 is 3.29 bits per heavy atom. The van der Waals surface area contributed by atoms with Crippen LogP contribution < -0.4 is 10.6 Å². The molecule has 2 N–H and O–H groups in total. The van der Waals surface area contributed by atoms with E-state index in [9.17, 15) is 4.79 Å². The van der Waals surface area contributed by atoms with Crippen molar-refractivity contribution in [2.24, 2.45) is 5.92 Å². The monoisotopic (exact) mass is 238 g/mol. The first-order valence-electron chi connectivity index (χ1n) is 6.07. The lowest BCUT2D eigenvalue weighted by Gasteiger charge is -2.07. The second-order valence-electron chi connectivity index (χ2n) is 4.33. The number of carbonyl (C=O) groups is 1. The van der Waals surface area contributed by atoms with Gasteiger partial charge in [-0.25, -0.2) is 0 Å². The number of nitrogens with zero attached hydrogens (tertiary/aromatic N) is 2. The number of nitrogens with one attached hydrogen (secondary N) is 2. The second kappa shape index (κ2) is 6.34. The zero-order valence-corrected chi connectivity index (χ0v) is 9.82. The fourth-order valence-electron chi connectivity index (χ4n) is 2.00. The van der Waals surface area contributed by atoms with Crippen LogP contribution in [-0.2, 0) is 11.2 Å². The molecule has 6 nitrogen and oxygen atoms in total. The predicted molar refractivity (Wildman–Crippen MR) is 61.2 cm³/mol. The third kappa shape index (κ3) is 4.14. The van der Waals surface area contributed by atoms with Gasteiger partial charge < -0.3 is 15.2 Å². The Kier molecular flexibility index (Phi) is 4.49. The van der Waals surface area contributed by atoms with Crippen LogP contribution in [-0.4, -0.2) is 35.7 Å². The molecule has 2 heterocycles. The first kappa shape index (κ1) is 12.0. The number of hydrogen-bond acceptors (Lipinski definition) is 5. The van der Waals surface area contributed by atoms with Crippen LogP contribution in [0.2, 0.25) is 0 Å². The van der Waals surface area contributed by atoms with Crippen molar-refractivity contribution in [2.75, 3.05) is 19.6 Å². The van der Waals surface area contributed by atoms with Crippen molar-refractivity contribution in [3.05, 3.63) is 12.2 Å². The van der Waals surface area contributed by atoms with E-state index in [2.05, 4.69) is 20.8 Å². The molecule has 94 valence electrons. The molecule has 1 aliphatic rings. The van der Waals surface area contributed by atoms with Crippen LogP contribution in [0.4, 0.5) is 0 Å². The second-order valence-corrected chi connectivity index (χ2v) is 4.33. The average molecular weight is 238 g/mol. The van der Waals surface area contributed by atoms with Crippen LogP contribution in [0.15, 0.2) is 10.9 Å². The SMILES string of the molecule is O=C(CCC1CCNC1)NCCc1ncno1. The van der Waals surface area contributed by atoms with E-state index in [0.717, 1.165) is 19.5 Å². The third-order valence-electron chi connectivity index (χ3n) is 3.01. The summed E-state index contributed by atoms with van der Waals surface area (Å²) in [6, 6.07) is 0. The summed E-state index contributed by atoms with van der Waals surface area (Å²) >= 11 is 0. The van der Waals surface area contributed by atoms with Crippen LogP contribution in [0.25, 0.3) is 0 Å². The smallest absolute Gasteiger partial charge is 0.228 e. The Morgan fingerprint density at radius 1 is 1.65 bits per heavy atom. The molecule has 1 amide bonds. The van der Waals surface area contributed by atoms with Gasteiger partial charge in [0.2, 0.25) is 11.8 Å². The number of carbonyl (C=O) groups excluding carboxylic acids is 1. The van der Waals surface area contributed by atoms with Crippen LogP contribution >= 0.6 is 0 Å². The molecule has 6 heteroatoms. The zero-order chi connectivity index (χ0) is 11.9. The maximum absolute atomic E-state index is 11.5. The summed E-state index contributed by atoms with van der Waals surface area (Å²) in [5.41, 5.74) is 0. The molecule has 0 aliphatic carbocycles. The highest BCUT2D eigenvalue weighted by atomic mass is 16.5. The van der Waals surface area contributed by atoms with E-state index < -0.39 is 0 Å². The molecule has 0 bridgehead atoms. The molecular formula is C11H18N4O2. The molecule has 0 spiro atoms. The molecule has 1 saturated heterocycles. The zero-order valence-electron chi connectivity index (χ0n) is 9.82. The summed E-state index contributed by atoms with van der Waals surface area (Å²) in [5.74, 6) is 1.33. The van der Waals surface area contributed by atoms with Crippen molar-refractivity contribution in [1.82, 2.24) is 20.8 Å². The Bertz CT molecular complexity index is 333. The summed E-state index contributed by atoms with van der Waals surface area (Å²) in [7, 11) is 0. The minimum atomic E-state index is 0.108. The van der Waals surface area contributed by atoms with Crippen molar-refractivity contribution >= 4 is 5.91 Å². The van der Waals surface area contributed by atoms with E-state index in [1.807, 2.05) is 0 Å². The Balaban J connectivity index is 1.54. The fraction of sp³-hybridized carbons (Fsp3) is 0.727. The fourth-order valence-corrected chi connectivity index (χ4v) is 2.00. The average Bonchev–Trinajstić information content (AvgIpc) is 2.99. The maximum Gasteiger partial charge on any atom is 0.228 e. The number of aromatic nitrogens is 2. The molecular weight excluding hydrogens is 220 g/mol. The molecule has 0 aromatic carbocycles. The molecule has 0 saturated carbocycles. The molecule has 1 aromatic heterocycles. The van der Waals surface area contributed by atoms with Crippen LogP contribution in [0.3, 0.4) is 0 Å². The van der Waals surface area contributed by atoms with Gasteiger partial charge in [0.25, 0.3) is 0 Å². The standard InChI is InChI=1S/C11H18N4O2/c16-10(2-1-9-3-5-12-7-9)13-6-4-11-14-8-15-17-11/h8-9,12H,1-7H2,(H,13,16). The number of hydrogen-bond donors (Lipinski definition) is 2. The van der Waals surface area contributed by atoms with Gasteiger partial charge >= 0.3 is 0 Å². The van der Waals surface area contributed by atoms with E-state index >= 15 is 0 Å². The van der Waals surface area contributed by atoms with Crippen LogP contribution in [0.1, 0.15) is 25.2 Å².